The van der Waals surface area contributed by atoms with E-state index in [9.17, 15) is 9.59 Å². The van der Waals surface area contributed by atoms with Gasteiger partial charge in [-0.15, -0.1) is 0 Å². The Morgan fingerprint density at radius 2 is 1.12 bits per heavy atom. The summed E-state index contributed by atoms with van der Waals surface area (Å²) in [6.07, 6.45) is 37.2. The predicted molar refractivity (Wildman–Crippen MR) is 245 cm³/mol. The van der Waals surface area contributed by atoms with Crippen LogP contribution in [-0.2, 0) is 23.8 Å². The van der Waals surface area contributed by atoms with Crippen LogP contribution in [0.15, 0.2) is 0 Å². The van der Waals surface area contributed by atoms with E-state index in [2.05, 4.69) is 48.5 Å². The van der Waals surface area contributed by atoms with Crippen LogP contribution in [0.4, 0.5) is 0 Å². The maximum absolute atomic E-state index is 13.6. The standard InChI is InChI=1S/C53H98O5/c1-10-29-41(7)53(14-5,15-6)48-39-46(51(55)57-9)37-43(34-36-52(12-3,13-4)35-11-2)49(48)58-40-45-33-32-44(50(54)56-8)38-47(45)42-30-27-25-23-21-19-17-16-18-20-22-24-26-28-31-42/h41-49H,10-40H2,1-9H3. The number of carbonyl (C=O) groups is 2. The molecule has 0 aromatic rings. The third-order valence-electron chi connectivity index (χ3n) is 17.4. The zero-order chi connectivity index (χ0) is 42.4. The molecule has 5 heteroatoms. The lowest BCUT2D eigenvalue weighted by Crippen LogP contribution is -2.52. The molecule has 0 bridgehead atoms. The molecule has 3 fully saturated rings. The van der Waals surface area contributed by atoms with Crippen LogP contribution in [0.3, 0.4) is 0 Å². The number of hydrogen-bond donors (Lipinski definition) is 0. The van der Waals surface area contributed by atoms with E-state index in [1.807, 2.05) is 0 Å². The molecule has 8 atom stereocenters. The van der Waals surface area contributed by atoms with E-state index in [-0.39, 0.29) is 35.3 Å². The largest absolute Gasteiger partial charge is 0.469 e. The first kappa shape index (κ1) is 51.3. The van der Waals surface area contributed by atoms with Crippen molar-refractivity contribution in [2.24, 2.45) is 58.2 Å². The van der Waals surface area contributed by atoms with Crippen molar-refractivity contribution in [3.05, 3.63) is 0 Å². The Morgan fingerprint density at radius 1 is 0.586 bits per heavy atom. The molecule has 58 heavy (non-hydrogen) atoms. The van der Waals surface area contributed by atoms with Crippen molar-refractivity contribution in [2.75, 3.05) is 20.8 Å². The van der Waals surface area contributed by atoms with Gasteiger partial charge in [0.1, 0.15) is 0 Å². The highest BCUT2D eigenvalue weighted by atomic mass is 16.5. The molecule has 0 aromatic carbocycles. The summed E-state index contributed by atoms with van der Waals surface area (Å²) >= 11 is 0. The van der Waals surface area contributed by atoms with Gasteiger partial charge < -0.3 is 14.2 Å². The van der Waals surface area contributed by atoms with Crippen LogP contribution in [0.25, 0.3) is 0 Å². The van der Waals surface area contributed by atoms with Crippen LogP contribution >= 0.6 is 0 Å². The van der Waals surface area contributed by atoms with Gasteiger partial charge in [-0.1, -0.05) is 177 Å². The van der Waals surface area contributed by atoms with Crippen LogP contribution in [-0.4, -0.2) is 38.9 Å². The summed E-state index contributed by atoms with van der Waals surface area (Å²) in [5, 5.41) is 0. The van der Waals surface area contributed by atoms with E-state index in [1.54, 1.807) is 14.2 Å². The summed E-state index contributed by atoms with van der Waals surface area (Å²) in [7, 11) is 3.18. The molecule has 0 radical (unpaired) electrons. The molecule has 0 amide bonds. The Hall–Kier alpha value is -1.10. The van der Waals surface area contributed by atoms with Gasteiger partial charge in [0.2, 0.25) is 0 Å². The molecule has 3 aliphatic carbocycles. The summed E-state index contributed by atoms with van der Waals surface area (Å²) < 4.78 is 18.7. The Labute approximate surface area is 360 Å². The van der Waals surface area contributed by atoms with Gasteiger partial charge in [0.05, 0.1) is 38.8 Å². The molecule has 0 saturated heterocycles. The smallest absolute Gasteiger partial charge is 0.308 e. The molecule has 3 aliphatic rings. The number of ether oxygens (including phenoxy) is 3. The average molecular weight is 815 g/mol. The van der Waals surface area contributed by atoms with Crippen molar-refractivity contribution in [3.8, 4) is 0 Å². The highest BCUT2D eigenvalue weighted by Crippen LogP contribution is 2.55. The Bertz CT molecular complexity index is 1080. The Balaban J connectivity index is 2.02. The first-order chi connectivity index (χ1) is 28.1. The molecule has 0 aromatic heterocycles. The van der Waals surface area contributed by atoms with E-state index in [1.165, 1.54) is 141 Å². The molecule has 5 nitrogen and oxygen atoms in total. The maximum Gasteiger partial charge on any atom is 0.308 e. The van der Waals surface area contributed by atoms with Gasteiger partial charge >= 0.3 is 11.9 Å². The number of methoxy groups -OCH3 is 2. The SMILES string of the molecule is CCCC(C)C(CC)(CC)C1CC(C(=O)OC)CC(CCC(CC)(CC)CCC)C1OCC1CCC(C(=O)OC)CC1C1CCCCCCCCCCCCCCC1. The fraction of sp³-hybridized carbons (Fsp3) is 0.962. The van der Waals surface area contributed by atoms with Crippen LogP contribution in [0.1, 0.15) is 241 Å². The summed E-state index contributed by atoms with van der Waals surface area (Å²) in [4.78, 5) is 26.8. The third kappa shape index (κ3) is 14.8. The number of carbonyl (C=O) groups excluding carboxylic acids is 2. The Kier molecular flexibility index (Phi) is 24.5. The minimum atomic E-state index is -0.0587. The van der Waals surface area contributed by atoms with Crippen molar-refractivity contribution < 1.29 is 23.8 Å². The first-order valence-electron chi connectivity index (χ1n) is 25.9. The number of rotatable bonds is 19. The molecule has 0 spiro atoms. The molecule has 8 unspecified atom stereocenters. The van der Waals surface area contributed by atoms with Crippen molar-refractivity contribution in [1.29, 1.82) is 0 Å². The van der Waals surface area contributed by atoms with Gasteiger partial charge in [-0.2, -0.15) is 0 Å². The van der Waals surface area contributed by atoms with Crippen LogP contribution in [0.2, 0.25) is 0 Å². The van der Waals surface area contributed by atoms with Gasteiger partial charge in [0.25, 0.3) is 0 Å². The van der Waals surface area contributed by atoms with Gasteiger partial charge in [-0.3, -0.25) is 9.59 Å². The Morgan fingerprint density at radius 3 is 1.60 bits per heavy atom. The number of esters is 2. The molecule has 0 aliphatic heterocycles. The first-order valence-corrected chi connectivity index (χ1v) is 25.9. The lowest BCUT2D eigenvalue weighted by molar-refractivity contribution is -0.165. The van der Waals surface area contributed by atoms with Crippen LogP contribution < -0.4 is 0 Å². The molecule has 0 heterocycles. The van der Waals surface area contributed by atoms with E-state index in [0.717, 1.165) is 58.0 Å². The second-order valence-corrected chi connectivity index (χ2v) is 20.4. The van der Waals surface area contributed by atoms with E-state index >= 15 is 0 Å². The zero-order valence-electron chi connectivity index (χ0n) is 40.2. The summed E-state index contributed by atoms with van der Waals surface area (Å²) in [5.41, 5.74) is 0.475. The lowest BCUT2D eigenvalue weighted by Gasteiger charge is -2.54. The average Bonchev–Trinajstić information content (AvgIpc) is 3.24. The molecular weight excluding hydrogens is 717 g/mol. The van der Waals surface area contributed by atoms with Crippen molar-refractivity contribution in [2.45, 2.75) is 247 Å². The minimum absolute atomic E-state index is 0.00170. The molecule has 3 saturated carbocycles. The summed E-state index contributed by atoms with van der Waals surface area (Å²) in [5.74, 6) is 2.79. The van der Waals surface area contributed by atoms with Crippen LogP contribution in [0, 0.1) is 58.2 Å². The maximum atomic E-state index is 13.6. The van der Waals surface area contributed by atoms with Crippen LogP contribution in [0.5, 0.6) is 0 Å². The number of hydrogen-bond acceptors (Lipinski definition) is 5. The van der Waals surface area contributed by atoms with Crippen molar-refractivity contribution in [3.63, 3.8) is 0 Å². The molecule has 3 rings (SSSR count). The van der Waals surface area contributed by atoms with Gasteiger partial charge in [0, 0.05) is 0 Å². The second kappa shape index (κ2) is 27.8. The summed E-state index contributed by atoms with van der Waals surface area (Å²) in [6, 6.07) is 0. The van der Waals surface area contributed by atoms with Gasteiger partial charge in [-0.25, -0.2) is 0 Å². The molecule has 0 N–H and O–H groups in total. The quantitative estimate of drug-likeness (QED) is 0.122. The highest BCUT2D eigenvalue weighted by Gasteiger charge is 2.52. The van der Waals surface area contributed by atoms with E-state index < -0.39 is 0 Å². The monoisotopic (exact) mass is 815 g/mol. The fourth-order valence-electron chi connectivity index (χ4n) is 13.5. The molecular formula is C53H98O5. The topological polar surface area (TPSA) is 61.8 Å². The zero-order valence-corrected chi connectivity index (χ0v) is 40.2. The second-order valence-electron chi connectivity index (χ2n) is 20.4. The third-order valence-corrected chi connectivity index (χ3v) is 17.4. The summed E-state index contributed by atoms with van der Waals surface area (Å²) in [6.45, 7) is 17.6. The van der Waals surface area contributed by atoms with Gasteiger partial charge in [0.15, 0.2) is 0 Å². The minimum Gasteiger partial charge on any atom is -0.469 e. The van der Waals surface area contributed by atoms with Gasteiger partial charge in [-0.05, 0) is 111 Å². The fourth-order valence-corrected chi connectivity index (χ4v) is 13.5. The molecule has 340 valence electrons. The highest BCUT2D eigenvalue weighted by molar-refractivity contribution is 5.72. The van der Waals surface area contributed by atoms with Crippen molar-refractivity contribution >= 4 is 11.9 Å². The van der Waals surface area contributed by atoms with E-state index in [0.29, 0.717) is 40.9 Å². The van der Waals surface area contributed by atoms with E-state index in [4.69, 9.17) is 14.2 Å². The van der Waals surface area contributed by atoms with Crippen molar-refractivity contribution in [1.82, 2.24) is 0 Å². The predicted octanol–water partition coefficient (Wildman–Crippen LogP) is 15.5. The lowest BCUT2D eigenvalue weighted by atomic mass is 9.54. The normalized spacial score (nSPS) is 28.7.